The van der Waals surface area contributed by atoms with E-state index < -0.39 is 0 Å². The maximum atomic E-state index is 9.06. The van der Waals surface area contributed by atoms with Crippen molar-refractivity contribution < 1.29 is 5.11 Å². The molecule has 2 N–H and O–H groups in total. The lowest BCUT2D eigenvalue weighted by Crippen LogP contribution is -2.51. The van der Waals surface area contributed by atoms with Crippen LogP contribution in [0.25, 0.3) is 0 Å². The van der Waals surface area contributed by atoms with Crippen molar-refractivity contribution in [3.8, 4) is 0 Å². The fourth-order valence-electron chi connectivity index (χ4n) is 2.42. The maximum Gasteiger partial charge on any atom is 0.0681 e. The molecule has 0 radical (unpaired) electrons. The Hall–Kier alpha value is -0.900. The van der Waals surface area contributed by atoms with E-state index in [1.165, 1.54) is 5.56 Å². The molecular weight excluding hydrogens is 212 g/mol. The molecule has 0 unspecified atom stereocenters. The van der Waals surface area contributed by atoms with Gasteiger partial charge in [0.1, 0.15) is 0 Å². The van der Waals surface area contributed by atoms with Crippen LogP contribution in [-0.4, -0.2) is 36.2 Å². The predicted molar refractivity (Wildman–Crippen MR) is 69.8 cm³/mol. The second kappa shape index (κ2) is 5.17. The summed E-state index contributed by atoms with van der Waals surface area (Å²) in [4.78, 5) is 2.51. The van der Waals surface area contributed by atoms with E-state index in [-0.39, 0.29) is 12.1 Å². The highest BCUT2D eigenvalue weighted by atomic mass is 16.3. The standard InChI is InChI=1S/C14H22N2O/c1-14(2,16-9-7-15-8-10-16)13-5-3-12(11-17)4-6-13/h3-6,15,17H,7-11H2,1-2H3. The van der Waals surface area contributed by atoms with Crippen LogP contribution in [0, 0.1) is 0 Å². The van der Waals surface area contributed by atoms with E-state index in [1.807, 2.05) is 12.1 Å². The molecule has 0 amide bonds. The fourth-order valence-corrected chi connectivity index (χ4v) is 2.42. The minimum absolute atomic E-state index is 0.0656. The first-order chi connectivity index (χ1) is 8.14. The first kappa shape index (κ1) is 12.6. The van der Waals surface area contributed by atoms with Crippen LogP contribution < -0.4 is 5.32 Å². The quantitative estimate of drug-likeness (QED) is 0.828. The largest absolute Gasteiger partial charge is 0.392 e. The summed E-state index contributed by atoms with van der Waals surface area (Å²) in [6, 6.07) is 8.29. The van der Waals surface area contributed by atoms with Crippen LogP contribution in [0.4, 0.5) is 0 Å². The van der Waals surface area contributed by atoms with Crippen LogP contribution in [0.2, 0.25) is 0 Å². The fraction of sp³-hybridized carbons (Fsp3) is 0.571. The molecule has 1 aromatic carbocycles. The summed E-state index contributed by atoms with van der Waals surface area (Å²) >= 11 is 0. The second-order valence-corrected chi connectivity index (χ2v) is 5.15. The van der Waals surface area contributed by atoms with Gasteiger partial charge in [-0.25, -0.2) is 0 Å². The number of piperazine rings is 1. The van der Waals surface area contributed by atoms with Gasteiger partial charge in [0.25, 0.3) is 0 Å². The number of nitrogens with zero attached hydrogens (tertiary/aromatic N) is 1. The third-order valence-corrected chi connectivity index (χ3v) is 3.75. The molecule has 3 heteroatoms. The lowest BCUT2D eigenvalue weighted by atomic mass is 9.91. The van der Waals surface area contributed by atoms with Gasteiger partial charge in [0, 0.05) is 31.7 Å². The normalized spacial score (nSPS) is 18.3. The number of nitrogens with one attached hydrogen (secondary N) is 1. The van der Waals surface area contributed by atoms with Gasteiger partial charge in [0.2, 0.25) is 0 Å². The SMILES string of the molecule is CC(C)(c1ccc(CO)cc1)N1CCNCC1. The molecule has 2 rings (SSSR count). The van der Waals surface area contributed by atoms with Crippen LogP contribution in [0.3, 0.4) is 0 Å². The molecule has 1 aliphatic heterocycles. The molecule has 94 valence electrons. The number of aliphatic hydroxyl groups is 1. The van der Waals surface area contributed by atoms with Crippen molar-refractivity contribution in [2.24, 2.45) is 0 Å². The molecule has 3 nitrogen and oxygen atoms in total. The van der Waals surface area contributed by atoms with Crippen molar-refractivity contribution in [1.82, 2.24) is 10.2 Å². The highest BCUT2D eigenvalue weighted by Gasteiger charge is 2.29. The van der Waals surface area contributed by atoms with E-state index in [2.05, 4.69) is 36.2 Å². The Morgan fingerprint density at radius 3 is 2.29 bits per heavy atom. The van der Waals surface area contributed by atoms with E-state index in [0.717, 1.165) is 31.7 Å². The van der Waals surface area contributed by atoms with Gasteiger partial charge in [-0.3, -0.25) is 4.90 Å². The maximum absolute atomic E-state index is 9.06. The Kier molecular flexibility index (Phi) is 3.82. The van der Waals surface area contributed by atoms with Crippen LogP contribution in [0.5, 0.6) is 0 Å². The first-order valence-electron chi connectivity index (χ1n) is 6.30. The zero-order chi connectivity index (χ0) is 12.3. The molecule has 0 atom stereocenters. The van der Waals surface area contributed by atoms with E-state index >= 15 is 0 Å². The molecule has 0 spiro atoms. The number of hydrogen-bond donors (Lipinski definition) is 2. The highest BCUT2D eigenvalue weighted by molar-refractivity contribution is 5.27. The van der Waals surface area contributed by atoms with Crippen LogP contribution >= 0.6 is 0 Å². The number of aliphatic hydroxyl groups excluding tert-OH is 1. The monoisotopic (exact) mass is 234 g/mol. The molecule has 1 fully saturated rings. The molecule has 17 heavy (non-hydrogen) atoms. The Bertz CT molecular complexity index is 353. The van der Waals surface area contributed by atoms with Crippen molar-refractivity contribution in [2.75, 3.05) is 26.2 Å². The van der Waals surface area contributed by atoms with Crippen LogP contribution in [-0.2, 0) is 12.1 Å². The van der Waals surface area contributed by atoms with Gasteiger partial charge in [-0.2, -0.15) is 0 Å². The van der Waals surface area contributed by atoms with Crippen molar-refractivity contribution in [3.05, 3.63) is 35.4 Å². The van der Waals surface area contributed by atoms with Gasteiger partial charge in [0.15, 0.2) is 0 Å². The minimum Gasteiger partial charge on any atom is -0.392 e. The Morgan fingerprint density at radius 2 is 1.76 bits per heavy atom. The molecule has 1 aliphatic rings. The van der Waals surface area contributed by atoms with Crippen molar-refractivity contribution in [3.63, 3.8) is 0 Å². The summed E-state index contributed by atoms with van der Waals surface area (Å²) in [6.45, 7) is 8.98. The third-order valence-electron chi connectivity index (χ3n) is 3.75. The third kappa shape index (κ3) is 2.68. The summed E-state index contributed by atoms with van der Waals surface area (Å²) in [5.74, 6) is 0. The molecule has 0 aliphatic carbocycles. The van der Waals surface area contributed by atoms with Crippen molar-refractivity contribution in [2.45, 2.75) is 26.0 Å². The van der Waals surface area contributed by atoms with E-state index in [4.69, 9.17) is 5.11 Å². The highest BCUT2D eigenvalue weighted by Crippen LogP contribution is 2.28. The summed E-state index contributed by atoms with van der Waals surface area (Å²) in [5, 5.41) is 12.4. The van der Waals surface area contributed by atoms with Gasteiger partial charge in [0.05, 0.1) is 6.61 Å². The lowest BCUT2D eigenvalue weighted by Gasteiger charge is -2.41. The molecule has 1 heterocycles. The summed E-state index contributed by atoms with van der Waals surface area (Å²) in [6.07, 6.45) is 0. The number of benzene rings is 1. The van der Waals surface area contributed by atoms with E-state index in [9.17, 15) is 0 Å². The zero-order valence-corrected chi connectivity index (χ0v) is 10.7. The molecule has 1 aromatic rings. The lowest BCUT2D eigenvalue weighted by molar-refractivity contribution is 0.102. The predicted octanol–water partition coefficient (Wildman–Crippen LogP) is 1.32. The molecule has 0 saturated carbocycles. The minimum atomic E-state index is 0.0656. The second-order valence-electron chi connectivity index (χ2n) is 5.15. The topological polar surface area (TPSA) is 35.5 Å². The Balaban J connectivity index is 2.17. The molecular formula is C14H22N2O. The zero-order valence-electron chi connectivity index (χ0n) is 10.7. The van der Waals surface area contributed by atoms with Crippen LogP contribution in [0.15, 0.2) is 24.3 Å². The van der Waals surface area contributed by atoms with Crippen molar-refractivity contribution >= 4 is 0 Å². The van der Waals surface area contributed by atoms with Gasteiger partial charge < -0.3 is 10.4 Å². The first-order valence-corrected chi connectivity index (χ1v) is 6.30. The Labute approximate surface area is 103 Å². The van der Waals surface area contributed by atoms with Gasteiger partial charge in [-0.05, 0) is 25.0 Å². The van der Waals surface area contributed by atoms with E-state index in [0.29, 0.717) is 0 Å². The smallest absolute Gasteiger partial charge is 0.0681 e. The number of rotatable bonds is 3. The van der Waals surface area contributed by atoms with Gasteiger partial charge >= 0.3 is 0 Å². The van der Waals surface area contributed by atoms with Gasteiger partial charge in [-0.15, -0.1) is 0 Å². The Morgan fingerprint density at radius 1 is 1.18 bits per heavy atom. The van der Waals surface area contributed by atoms with Crippen LogP contribution in [0.1, 0.15) is 25.0 Å². The average Bonchev–Trinajstić information content (AvgIpc) is 2.40. The summed E-state index contributed by atoms with van der Waals surface area (Å²) < 4.78 is 0. The van der Waals surface area contributed by atoms with Gasteiger partial charge in [-0.1, -0.05) is 24.3 Å². The van der Waals surface area contributed by atoms with Crippen molar-refractivity contribution in [1.29, 1.82) is 0 Å². The summed E-state index contributed by atoms with van der Waals surface area (Å²) in [5.41, 5.74) is 2.36. The number of hydrogen-bond acceptors (Lipinski definition) is 3. The molecule has 0 aromatic heterocycles. The average molecular weight is 234 g/mol. The van der Waals surface area contributed by atoms with E-state index in [1.54, 1.807) is 0 Å². The molecule has 0 bridgehead atoms. The summed E-state index contributed by atoms with van der Waals surface area (Å²) in [7, 11) is 0. The molecule has 1 saturated heterocycles.